The number of fused-ring (bicyclic) bond motifs is 3. The smallest absolute Gasteiger partial charge is 0.146 e. The Morgan fingerprint density at radius 3 is 2.35 bits per heavy atom. The molecule has 0 atom stereocenters. The van der Waals surface area contributed by atoms with Crippen LogP contribution in [0.1, 0.15) is 45.7 Å². The van der Waals surface area contributed by atoms with Gasteiger partial charge in [-0.2, -0.15) is 0 Å². The number of para-hydroxylation sites is 2. The Kier molecular flexibility index (Phi) is 6.42. The number of aromatic nitrogens is 3. The van der Waals surface area contributed by atoms with Gasteiger partial charge in [0.1, 0.15) is 17.2 Å². The van der Waals surface area contributed by atoms with Crippen molar-refractivity contribution in [1.29, 1.82) is 0 Å². The molecule has 0 spiro atoms. The minimum Gasteiger partial charge on any atom is -0.507 e. The van der Waals surface area contributed by atoms with Crippen LogP contribution in [0, 0.1) is 5.92 Å². The standard InChI is InChI=1S/C36H35N3O/c1-23(2)19-24-20-25(27-12-8-14-30(34(27)40)36(3,4)5)22-26(21-24)31-15-9-17-33(38-31)39-32-16-7-6-11-28(32)29-13-10-18-37-35(29)39/h6-18,20-23,40H,19H2,1-5H3. The molecule has 3 aromatic heterocycles. The van der Waals surface area contributed by atoms with E-state index in [-0.39, 0.29) is 5.41 Å². The number of hydrogen-bond acceptors (Lipinski definition) is 3. The minimum atomic E-state index is -0.162. The van der Waals surface area contributed by atoms with Crippen molar-refractivity contribution < 1.29 is 5.11 Å². The molecule has 6 aromatic rings. The lowest BCUT2D eigenvalue weighted by molar-refractivity contribution is 0.448. The van der Waals surface area contributed by atoms with Gasteiger partial charge in [-0.25, -0.2) is 9.97 Å². The van der Waals surface area contributed by atoms with Gasteiger partial charge in [-0.15, -0.1) is 0 Å². The highest BCUT2D eigenvalue weighted by atomic mass is 16.3. The molecule has 0 unspecified atom stereocenters. The third kappa shape index (κ3) is 4.64. The Morgan fingerprint density at radius 1 is 0.800 bits per heavy atom. The van der Waals surface area contributed by atoms with Gasteiger partial charge in [-0.1, -0.05) is 83.1 Å². The van der Waals surface area contributed by atoms with Crippen molar-refractivity contribution in [3.8, 4) is 34.0 Å². The maximum atomic E-state index is 11.4. The number of phenols is 1. The van der Waals surface area contributed by atoms with Gasteiger partial charge >= 0.3 is 0 Å². The van der Waals surface area contributed by atoms with Crippen LogP contribution in [0.4, 0.5) is 0 Å². The number of hydrogen-bond donors (Lipinski definition) is 1. The van der Waals surface area contributed by atoms with Crippen molar-refractivity contribution in [2.45, 2.75) is 46.5 Å². The van der Waals surface area contributed by atoms with Crippen LogP contribution in [-0.4, -0.2) is 19.6 Å². The second-order valence-electron chi connectivity index (χ2n) is 12.1. The Balaban J connectivity index is 1.53. The van der Waals surface area contributed by atoms with E-state index < -0.39 is 0 Å². The van der Waals surface area contributed by atoms with E-state index in [2.05, 4.69) is 99.8 Å². The monoisotopic (exact) mass is 525 g/mol. The second kappa shape index (κ2) is 9.95. The lowest BCUT2D eigenvalue weighted by Crippen LogP contribution is -2.11. The molecule has 0 bridgehead atoms. The molecular formula is C36H35N3O. The maximum absolute atomic E-state index is 11.4. The summed E-state index contributed by atoms with van der Waals surface area (Å²) in [6.45, 7) is 10.9. The van der Waals surface area contributed by atoms with Crippen LogP contribution < -0.4 is 0 Å². The van der Waals surface area contributed by atoms with E-state index in [1.165, 1.54) is 5.56 Å². The van der Waals surface area contributed by atoms with Gasteiger partial charge in [-0.3, -0.25) is 4.57 Å². The van der Waals surface area contributed by atoms with Gasteiger partial charge in [-0.05, 0) is 76.9 Å². The summed E-state index contributed by atoms with van der Waals surface area (Å²) in [5.74, 6) is 1.68. The summed E-state index contributed by atoms with van der Waals surface area (Å²) in [6.07, 6.45) is 2.78. The first kappa shape index (κ1) is 25.8. The van der Waals surface area contributed by atoms with Gasteiger partial charge < -0.3 is 5.11 Å². The largest absolute Gasteiger partial charge is 0.507 e. The molecule has 0 aliphatic heterocycles. The normalized spacial score (nSPS) is 12.1. The number of nitrogens with zero attached hydrogens (tertiary/aromatic N) is 3. The van der Waals surface area contributed by atoms with Gasteiger partial charge in [0, 0.05) is 28.1 Å². The van der Waals surface area contributed by atoms with Crippen LogP contribution in [0.2, 0.25) is 0 Å². The predicted molar refractivity (Wildman–Crippen MR) is 166 cm³/mol. The number of pyridine rings is 2. The quantitative estimate of drug-likeness (QED) is 0.244. The van der Waals surface area contributed by atoms with E-state index in [0.29, 0.717) is 11.7 Å². The van der Waals surface area contributed by atoms with Crippen LogP contribution in [0.3, 0.4) is 0 Å². The average Bonchev–Trinajstić information content (AvgIpc) is 3.26. The summed E-state index contributed by atoms with van der Waals surface area (Å²) in [4.78, 5) is 9.91. The highest BCUT2D eigenvalue weighted by Crippen LogP contribution is 2.40. The van der Waals surface area contributed by atoms with Gasteiger partial charge in [0.15, 0.2) is 0 Å². The fourth-order valence-corrected chi connectivity index (χ4v) is 5.70. The molecule has 40 heavy (non-hydrogen) atoms. The highest BCUT2D eigenvalue weighted by Gasteiger charge is 2.21. The first-order valence-corrected chi connectivity index (χ1v) is 14.0. The molecule has 0 saturated carbocycles. The van der Waals surface area contributed by atoms with Crippen molar-refractivity contribution in [3.63, 3.8) is 0 Å². The fourth-order valence-electron chi connectivity index (χ4n) is 5.70. The molecule has 200 valence electrons. The van der Waals surface area contributed by atoms with Gasteiger partial charge in [0.2, 0.25) is 0 Å². The zero-order valence-corrected chi connectivity index (χ0v) is 23.8. The van der Waals surface area contributed by atoms with Gasteiger partial charge in [0.05, 0.1) is 11.2 Å². The Labute approximate surface area is 236 Å². The second-order valence-corrected chi connectivity index (χ2v) is 12.1. The SMILES string of the molecule is CC(C)Cc1cc(-c2cccc(-n3c4ccccc4c4cccnc43)n2)cc(-c2cccc(C(C)(C)C)c2O)c1. The summed E-state index contributed by atoms with van der Waals surface area (Å²) >= 11 is 0. The van der Waals surface area contributed by atoms with Crippen LogP contribution in [0.5, 0.6) is 5.75 Å². The summed E-state index contributed by atoms with van der Waals surface area (Å²) < 4.78 is 2.14. The Hall–Kier alpha value is -4.44. The van der Waals surface area contributed by atoms with E-state index in [0.717, 1.165) is 62.1 Å². The van der Waals surface area contributed by atoms with Crippen LogP contribution >= 0.6 is 0 Å². The molecule has 0 saturated heterocycles. The average molecular weight is 526 g/mol. The summed E-state index contributed by atoms with van der Waals surface area (Å²) in [5.41, 5.74) is 7.76. The number of aromatic hydroxyl groups is 1. The first-order valence-electron chi connectivity index (χ1n) is 14.0. The van der Waals surface area contributed by atoms with E-state index in [4.69, 9.17) is 9.97 Å². The summed E-state index contributed by atoms with van der Waals surface area (Å²) in [6, 6.07) is 31.3. The van der Waals surface area contributed by atoms with E-state index in [1.54, 1.807) is 0 Å². The molecule has 1 N–H and O–H groups in total. The Bertz CT molecular complexity index is 1800. The summed E-state index contributed by atoms with van der Waals surface area (Å²) in [5, 5.41) is 13.6. The molecule has 0 aliphatic rings. The van der Waals surface area contributed by atoms with Crippen LogP contribution in [0.25, 0.3) is 50.1 Å². The fraction of sp³-hybridized carbons (Fsp3) is 0.222. The van der Waals surface area contributed by atoms with E-state index in [1.807, 2.05) is 36.5 Å². The number of rotatable bonds is 5. The zero-order valence-electron chi connectivity index (χ0n) is 23.8. The molecule has 6 rings (SSSR count). The van der Waals surface area contributed by atoms with E-state index in [9.17, 15) is 5.11 Å². The molecular weight excluding hydrogens is 490 g/mol. The predicted octanol–water partition coefficient (Wildman–Crippen LogP) is 9.11. The molecule has 3 heterocycles. The Morgan fingerprint density at radius 2 is 1.55 bits per heavy atom. The first-order chi connectivity index (χ1) is 19.2. The van der Waals surface area contributed by atoms with Gasteiger partial charge in [0.25, 0.3) is 0 Å². The molecule has 4 heteroatoms. The van der Waals surface area contributed by atoms with Crippen LogP contribution in [-0.2, 0) is 11.8 Å². The summed E-state index contributed by atoms with van der Waals surface area (Å²) in [7, 11) is 0. The van der Waals surface area contributed by atoms with Crippen molar-refractivity contribution >= 4 is 21.9 Å². The third-order valence-corrected chi connectivity index (χ3v) is 7.48. The van der Waals surface area contributed by atoms with Crippen molar-refractivity contribution in [2.75, 3.05) is 0 Å². The van der Waals surface area contributed by atoms with E-state index >= 15 is 0 Å². The van der Waals surface area contributed by atoms with Crippen molar-refractivity contribution in [2.24, 2.45) is 5.92 Å². The number of phenolic OH excluding ortho intramolecular Hbond substituents is 1. The lowest BCUT2D eigenvalue weighted by atomic mass is 9.84. The van der Waals surface area contributed by atoms with Crippen molar-refractivity contribution in [3.05, 3.63) is 108 Å². The maximum Gasteiger partial charge on any atom is 0.146 e. The molecule has 0 radical (unpaired) electrons. The van der Waals surface area contributed by atoms with Crippen LogP contribution in [0.15, 0.2) is 97.2 Å². The lowest BCUT2D eigenvalue weighted by Gasteiger charge is -2.22. The highest BCUT2D eigenvalue weighted by molar-refractivity contribution is 6.07. The van der Waals surface area contributed by atoms with Crippen molar-refractivity contribution in [1.82, 2.24) is 14.5 Å². The molecule has 4 nitrogen and oxygen atoms in total. The molecule has 0 aliphatic carbocycles. The zero-order chi connectivity index (χ0) is 28.0. The topological polar surface area (TPSA) is 50.9 Å². The number of benzene rings is 3. The molecule has 0 fully saturated rings. The third-order valence-electron chi connectivity index (χ3n) is 7.48. The molecule has 0 amide bonds. The molecule has 3 aromatic carbocycles. The minimum absolute atomic E-state index is 0.162.